The maximum Gasteiger partial charge on any atom is 0.379 e. The van der Waals surface area contributed by atoms with E-state index in [1.165, 1.54) is 11.3 Å². The molecule has 5 rings (SSSR count). The van der Waals surface area contributed by atoms with Gasteiger partial charge in [0.15, 0.2) is 17.5 Å². The molecule has 3 aromatic carbocycles. The summed E-state index contributed by atoms with van der Waals surface area (Å²) in [7, 11) is 3.69. The van der Waals surface area contributed by atoms with Crippen LogP contribution in [0.1, 0.15) is 41.7 Å². The van der Waals surface area contributed by atoms with E-state index >= 15 is 0 Å². The van der Waals surface area contributed by atoms with Gasteiger partial charge in [-0.15, -0.1) is 11.3 Å². The SMILES string of the molecule is CNC1CCC([N+](Cc2cc(-c3ccc(C#N)cc3)ccc2OC)=C(O)c2sc3ccccc3c2Cl)CC1. The van der Waals surface area contributed by atoms with Crippen molar-refractivity contribution in [1.29, 1.82) is 5.26 Å². The Morgan fingerprint density at radius 2 is 1.79 bits per heavy atom. The molecule has 0 spiro atoms. The summed E-state index contributed by atoms with van der Waals surface area (Å²) in [5.41, 5.74) is 3.66. The number of aliphatic hydroxyl groups excluding tert-OH is 1. The first-order valence-corrected chi connectivity index (χ1v) is 14.1. The van der Waals surface area contributed by atoms with E-state index in [2.05, 4.69) is 22.0 Å². The summed E-state index contributed by atoms with van der Waals surface area (Å²) in [4.78, 5) is 0.700. The number of nitrogens with zero attached hydrogens (tertiary/aromatic N) is 2. The van der Waals surface area contributed by atoms with Gasteiger partial charge in [-0.3, -0.25) is 0 Å². The van der Waals surface area contributed by atoms with Gasteiger partial charge in [0, 0.05) is 29.0 Å². The number of thiophene rings is 1. The van der Waals surface area contributed by atoms with Gasteiger partial charge in [0.25, 0.3) is 0 Å². The van der Waals surface area contributed by atoms with E-state index in [1.807, 2.05) is 67.7 Å². The predicted octanol–water partition coefficient (Wildman–Crippen LogP) is 7.15. The molecular weight excluding hydrogens is 514 g/mol. The third-order valence-electron chi connectivity index (χ3n) is 7.52. The van der Waals surface area contributed by atoms with Crippen molar-refractivity contribution in [1.82, 2.24) is 5.32 Å². The van der Waals surface area contributed by atoms with Gasteiger partial charge in [-0.25, -0.2) is 0 Å². The van der Waals surface area contributed by atoms with E-state index < -0.39 is 0 Å². The topological polar surface area (TPSA) is 68.3 Å². The van der Waals surface area contributed by atoms with Crippen LogP contribution in [-0.2, 0) is 6.54 Å². The monoisotopic (exact) mass is 544 g/mol. The van der Waals surface area contributed by atoms with Gasteiger partial charge in [0.1, 0.15) is 5.75 Å². The third-order valence-corrected chi connectivity index (χ3v) is 9.20. The quantitative estimate of drug-likeness (QED) is 0.147. The molecule has 0 unspecified atom stereocenters. The Balaban J connectivity index is 1.58. The summed E-state index contributed by atoms with van der Waals surface area (Å²) in [5, 5.41) is 25.9. The summed E-state index contributed by atoms with van der Waals surface area (Å²) < 4.78 is 8.93. The molecule has 1 saturated carbocycles. The Labute approximate surface area is 232 Å². The molecule has 0 amide bonds. The van der Waals surface area contributed by atoms with Crippen LogP contribution in [0, 0.1) is 11.3 Å². The molecule has 1 fully saturated rings. The molecule has 1 aliphatic rings. The van der Waals surface area contributed by atoms with Crippen molar-refractivity contribution in [2.24, 2.45) is 0 Å². The van der Waals surface area contributed by atoms with Crippen LogP contribution >= 0.6 is 22.9 Å². The zero-order valence-electron chi connectivity index (χ0n) is 21.6. The Hall–Kier alpha value is -3.37. The molecule has 5 nitrogen and oxygen atoms in total. The average Bonchev–Trinajstić information content (AvgIpc) is 3.32. The van der Waals surface area contributed by atoms with E-state index in [1.54, 1.807) is 7.11 Å². The van der Waals surface area contributed by atoms with E-state index in [4.69, 9.17) is 21.6 Å². The van der Waals surface area contributed by atoms with Crippen molar-refractivity contribution in [3.05, 3.63) is 87.8 Å². The molecule has 0 saturated heterocycles. The smallest absolute Gasteiger partial charge is 0.379 e. The van der Waals surface area contributed by atoms with Gasteiger partial charge in [-0.05, 0) is 61.3 Å². The molecular formula is C31H31ClN3O2S+. The first-order chi connectivity index (χ1) is 18.5. The number of fused-ring (bicyclic) bond motifs is 1. The number of methoxy groups -OCH3 is 1. The maximum atomic E-state index is 11.8. The Kier molecular flexibility index (Phi) is 7.99. The highest BCUT2D eigenvalue weighted by Gasteiger charge is 2.34. The molecule has 0 aliphatic heterocycles. The predicted molar refractivity (Wildman–Crippen MR) is 156 cm³/mol. The average molecular weight is 545 g/mol. The lowest BCUT2D eigenvalue weighted by atomic mass is 9.90. The molecule has 1 aromatic heterocycles. The number of hydrogen-bond acceptors (Lipinski definition) is 4. The van der Waals surface area contributed by atoms with Crippen LogP contribution in [0.15, 0.2) is 66.7 Å². The van der Waals surface area contributed by atoms with Crippen molar-refractivity contribution in [2.75, 3.05) is 14.2 Å². The molecule has 38 heavy (non-hydrogen) atoms. The van der Waals surface area contributed by atoms with Crippen LogP contribution in [-0.4, -0.2) is 41.8 Å². The van der Waals surface area contributed by atoms with Crippen molar-refractivity contribution < 1.29 is 14.4 Å². The number of aliphatic hydroxyl groups is 1. The highest BCUT2D eigenvalue weighted by molar-refractivity contribution is 7.21. The number of nitrogens with one attached hydrogen (secondary N) is 1. The summed E-state index contributed by atoms with van der Waals surface area (Å²) in [5.74, 6) is 0.987. The largest absolute Gasteiger partial charge is 0.496 e. The normalized spacial score (nSPS) is 18.2. The molecule has 0 radical (unpaired) electrons. The summed E-state index contributed by atoms with van der Waals surface area (Å²) >= 11 is 8.34. The Morgan fingerprint density at radius 3 is 2.45 bits per heavy atom. The zero-order valence-corrected chi connectivity index (χ0v) is 23.1. The van der Waals surface area contributed by atoms with Crippen molar-refractivity contribution in [3.8, 4) is 22.9 Å². The van der Waals surface area contributed by atoms with Gasteiger partial charge in [-0.2, -0.15) is 9.84 Å². The van der Waals surface area contributed by atoms with E-state index in [9.17, 15) is 5.11 Å². The van der Waals surface area contributed by atoms with Crippen LogP contribution in [0.25, 0.3) is 21.2 Å². The molecule has 2 N–H and O–H groups in total. The number of nitriles is 1. The standard InChI is InChI=1S/C31H30ClN3O2S/c1-34-24-12-14-25(15-13-24)35(31(36)30-29(32)26-5-3-4-6-28(26)38-30)19-23-17-22(11-16-27(23)37-2)21-9-7-20(18-33)8-10-21/h3-11,16-17,24-25,34H,12-15,19H2,1-2H3/p+1. The van der Waals surface area contributed by atoms with Crippen LogP contribution in [0.5, 0.6) is 5.75 Å². The first kappa shape index (κ1) is 26.2. The molecule has 1 heterocycles. The Bertz CT molecular complexity index is 1510. The van der Waals surface area contributed by atoms with Crippen LogP contribution in [0.3, 0.4) is 0 Å². The lowest BCUT2D eigenvalue weighted by Crippen LogP contribution is -2.39. The van der Waals surface area contributed by atoms with Gasteiger partial charge in [0.2, 0.25) is 0 Å². The number of halogens is 1. The number of hydrogen-bond donors (Lipinski definition) is 2. The van der Waals surface area contributed by atoms with Crippen LogP contribution in [0.4, 0.5) is 0 Å². The second kappa shape index (κ2) is 11.6. The lowest BCUT2D eigenvalue weighted by Gasteiger charge is -2.27. The minimum atomic E-state index is 0.171. The molecule has 4 aromatic rings. The number of benzene rings is 3. The summed E-state index contributed by atoms with van der Waals surface area (Å²) in [6.07, 6.45) is 4.03. The van der Waals surface area contributed by atoms with Gasteiger partial charge in [-0.1, -0.05) is 48.0 Å². The molecule has 7 heteroatoms. The highest BCUT2D eigenvalue weighted by atomic mass is 35.5. The van der Waals surface area contributed by atoms with Crippen molar-refractivity contribution in [2.45, 2.75) is 44.3 Å². The first-order valence-electron chi connectivity index (χ1n) is 12.9. The number of rotatable bonds is 7. The minimum Gasteiger partial charge on any atom is -0.496 e. The third kappa shape index (κ3) is 5.28. The van der Waals surface area contributed by atoms with Gasteiger partial charge < -0.3 is 15.2 Å². The minimum absolute atomic E-state index is 0.171. The molecule has 1 aliphatic carbocycles. The fourth-order valence-electron chi connectivity index (χ4n) is 5.34. The number of ether oxygens (including phenoxy) is 1. The molecule has 0 atom stereocenters. The zero-order chi connectivity index (χ0) is 26.6. The van der Waals surface area contributed by atoms with Crippen molar-refractivity contribution in [3.63, 3.8) is 0 Å². The maximum absolute atomic E-state index is 11.8. The molecule has 194 valence electrons. The second-order valence-electron chi connectivity index (χ2n) is 9.70. The van der Waals surface area contributed by atoms with Crippen LogP contribution in [0.2, 0.25) is 5.02 Å². The lowest BCUT2D eigenvalue weighted by molar-refractivity contribution is -0.591. The fourth-order valence-corrected chi connectivity index (χ4v) is 6.82. The summed E-state index contributed by atoms with van der Waals surface area (Å²) in [6.45, 7) is 0.485. The van der Waals surface area contributed by atoms with Crippen molar-refractivity contribution >= 4 is 38.9 Å². The highest BCUT2D eigenvalue weighted by Crippen LogP contribution is 2.36. The van der Waals surface area contributed by atoms with E-state index in [0.29, 0.717) is 28.0 Å². The van der Waals surface area contributed by atoms with Gasteiger partial charge >= 0.3 is 5.90 Å². The summed E-state index contributed by atoms with van der Waals surface area (Å²) in [6, 6.07) is 24.5. The Morgan fingerprint density at radius 1 is 1.08 bits per heavy atom. The van der Waals surface area contributed by atoms with Gasteiger partial charge in [0.05, 0.1) is 29.3 Å². The fraction of sp³-hybridized carbons (Fsp3) is 0.290. The van der Waals surface area contributed by atoms with E-state index in [0.717, 1.165) is 58.2 Å². The molecule has 0 bridgehead atoms. The second-order valence-corrected chi connectivity index (χ2v) is 11.1. The van der Waals surface area contributed by atoms with Crippen LogP contribution < -0.4 is 10.1 Å². The van der Waals surface area contributed by atoms with E-state index in [-0.39, 0.29) is 11.9 Å².